The van der Waals surface area contributed by atoms with Gasteiger partial charge in [-0.15, -0.1) is 0 Å². The lowest BCUT2D eigenvalue weighted by Crippen LogP contribution is -2.45. The Bertz CT molecular complexity index is 273. The van der Waals surface area contributed by atoms with Gasteiger partial charge in [0.1, 0.15) is 0 Å². The van der Waals surface area contributed by atoms with Gasteiger partial charge < -0.3 is 5.32 Å². The first-order valence-electron chi connectivity index (χ1n) is 6.81. The van der Waals surface area contributed by atoms with Crippen molar-refractivity contribution in [3.05, 3.63) is 0 Å². The Morgan fingerprint density at radius 1 is 1.41 bits per heavy atom. The fourth-order valence-corrected chi connectivity index (χ4v) is 4.57. The highest BCUT2D eigenvalue weighted by atomic mass is 32.2. The normalized spacial score (nSPS) is 27.3. The zero-order valence-electron chi connectivity index (χ0n) is 11.0. The summed E-state index contributed by atoms with van der Waals surface area (Å²) in [4.78, 5) is 4.81. The summed E-state index contributed by atoms with van der Waals surface area (Å²) in [5.41, 5.74) is 0.402. The molecule has 1 saturated heterocycles. The molecule has 4 heteroatoms. The van der Waals surface area contributed by atoms with Crippen LogP contribution in [0.2, 0.25) is 0 Å². The first-order chi connectivity index (χ1) is 8.24. The highest BCUT2D eigenvalue weighted by Crippen LogP contribution is 2.36. The van der Waals surface area contributed by atoms with Gasteiger partial charge in [0, 0.05) is 17.0 Å². The van der Waals surface area contributed by atoms with E-state index in [1.165, 1.54) is 48.8 Å². The Morgan fingerprint density at radius 2 is 2.18 bits per heavy atom. The lowest BCUT2D eigenvalue weighted by molar-refractivity contribution is 0.303. The summed E-state index contributed by atoms with van der Waals surface area (Å²) < 4.78 is 0. The van der Waals surface area contributed by atoms with Gasteiger partial charge in [-0.05, 0) is 25.5 Å². The van der Waals surface area contributed by atoms with Crippen molar-refractivity contribution < 1.29 is 0 Å². The minimum atomic E-state index is 0.402. The second-order valence-electron chi connectivity index (χ2n) is 5.20. The van der Waals surface area contributed by atoms with Crippen LogP contribution in [-0.4, -0.2) is 34.0 Å². The molecule has 1 saturated carbocycles. The molecule has 2 aliphatic rings. The molecule has 0 amide bonds. The number of hydrogen-bond donors (Lipinski definition) is 1. The predicted octanol–water partition coefficient (Wildman–Crippen LogP) is 3.52. The third kappa shape index (κ3) is 3.82. The molecule has 1 aliphatic heterocycles. The molecule has 2 fully saturated rings. The van der Waals surface area contributed by atoms with Crippen LogP contribution in [-0.2, 0) is 0 Å². The van der Waals surface area contributed by atoms with Crippen LogP contribution in [0.15, 0.2) is 4.99 Å². The van der Waals surface area contributed by atoms with E-state index in [-0.39, 0.29) is 0 Å². The molecule has 0 aromatic carbocycles. The first-order valence-corrected chi connectivity index (χ1v) is 8.95. The molecular formula is C13H24N2S2. The molecule has 1 heterocycles. The van der Waals surface area contributed by atoms with Gasteiger partial charge in [0.15, 0.2) is 5.17 Å². The van der Waals surface area contributed by atoms with Gasteiger partial charge in [-0.25, -0.2) is 0 Å². The molecule has 1 unspecified atom stereocenters. The summed E-state index contributed by atoms with van der Waals surface area (Å²) in [6, 6.07) is 0.452. The van der Waals surface area contributed by atoms with E-state index >= 15 is 0 Å². The number of amidine groups is 1. The molecule has 0 bridgehead atoms. The Balaban J connectivity index is 1.85. The molecule has 0 aromatic heterocycles. The first kappa shape index (κ1) is 13.6. The number of nitrogens with zero attached hydrogens (tertiary/aromatic N) is 1. The highest BCUT2D eigenvalue weighted by Gasteiger charge is 2.38. The van der Waals surface area contributed by atoms with Gasteiger partial charge in [-0.1, -0.05) is 37.9 Å². The fourth-order valence-electron chi connectivity index (χ4n) is 2.60. The van der Waals surface area contributed by atoms with E-state index in [4.69, 9.17) is 4.99 Å². The van der Waals surface area contributed by atoms with Crippen molar-refractivity contribution in [3.8, 4) is 0 Å². The van der Waals surface area contributed by atoms with Gasteiger partial charge >= 0.3 is 0 Å². The predicted molar refractivity (Wildman–Crippen MR) is 81.3 cm³/mol. The van der Waals surface area contributed by atoms with Gasteiger partial charge in [0.2, 0.25) is 0 Å². The van der Waals surface area contributed by atoms with Crippen molar-refractivity contribution in [1.82, 2.24) is 5.32 Å². The number of aliphatic imine (C=N–C) groups is 1. The Hall–Kier alpha value is 0.170. The van der Waals surface area contributed by atoms with Crippen LogP contribution in [0.1, 0.15) is 46.0 Å². The summed E-state index contributed by atoms with van der Waals surface area (Å²) in [7, 11) is 0. The van der Waals surface area contributed by atoms with E-state index in [2.05, 4.69) is 19.2 Å². The maximum absolute atomic E-state index is 4.81. The van der Waals surface area contributed by atoms with Crippen LogP contribution in [0.3, 0.4) is 0 Å². The maximum atomic E-state index is 4.81. The highest BCUT2D eigenvalue weighted by molar-refractivity contribution is 8.14. The zero-order valence-corrected chi connectivity index (χ0v) is 12.6. The average molecular weight is 272 g/mol. The average Bonchev–Trinajstić information content (AvgIpc) is 2.70. The maximum Gasteiger partial charge on any atom is 0.157 e. The lowest BCUT2D eigenvalue weighted by Gasteiger charge is -2.32. The molecule has 1 N–H and O–H groups in total. The van der Waals surface area contributed by atoms with E-state index in [9.17, 15) is 0 Å². The van der Waals surface area contributed by atoms with Crippen molar-refractivity contribution in [2.45, 2.75) is 57.5 Å². The quantitative estimate of drug-likeness (QED) is 0.847. The molecule has 1 aliphatic carbocycles. The third-order valence-corrected chi connectivity index (χ3v) is 5.87. The summed E-state index contributed by atoms with van der Waals surface area (Å²) in [6.45, 7) is 4.44. The van der Waals surface area contributed by atoms with E-state index in [0.717, 1.165) is 5.75 Å². The van der Waals surface area contributed by atoms with E-state index in [1.807, 2.05) is 23.5 Å². The monoisotopic (exact) mass is 272 g/mol. The van der Waals surface area contributed by atoms with E-state index in [1.54, 1.807) is 0 Å². The summed E-state index contributed by atoms with van der Waals surface area (Å²) >= 11 is 3.92. The Labute approximate surface area is 114 Å². The number of hydrogen-bond acceptors (Lipinski definition) is 3. The fraction of sp³-hybridized carbons (Fsp3) is 0.923. The molecule has 0 aromatic rings. The van der Waals surface area contributed by atoms with Gasteiger partial charge in [-0.3, -0.25) is 4.99 Å². The Kier molecular flexibility index (Phi) is 5.10. The van der Waals surface area contributed by atoms with Crippen molar-refractivity contribution in [1.29, 1.82) is 0 Å². The molecule has 98 valence electrons. The van der Waals surface area contributed by atoms with Crippen LogP contribution < -0.4 is 5.32 Å². The summed E-state index contributed by atoms with van der Waals surface area (Å²) in [5.74, 6) is 3.58. The molecule has 2 rings (SSSR count). The van der Waals surface area contributed by atoms with Gasteiger partial charge in [0.25, 0.3) is 0 Å². The minimum absolute atomic E-state index is 0.402. The summed E-state index contributed by atoms with van der Waals surface area (Å²) in [6.07, 6.45) is 6.89. The number of nitrogens with one attached hydrogen (secondary N) is 1. The van der Waals surface area contributed by atoms with Gasteiger partial charge in [0.05, 0.1) is 6.04 Å². The topological polar surface area (TPSA) is 24.4 Å². The van der Waals surface area contributed by atoms with E-state index < -0.39 is 0 Å². The molecule has 2 nitrogen and oxygen atoms in total. The smallest absolute Gasteiger partial charge is 0.157 e. The van der Waals surface area contributed by atoms with Crippen LogP contribution in [0.25, 0.3) is 0 Å². The number of rotatable bonds is 4. The second-order valence-corrected chi connectivity index (χ2v) is 7.48. The Morgan fingerprint density at radius 3 is 2.88 bits per heavy atom. The van der Waals surface area contributed by atoms with Crippen LogP contribution in [0, 0.1) is 0 Å². The van der Waals surface area contributed by atoms with E-state index in [0.29, 0.717) is 11.6 Å². The van der Waals surface area contributed by atoms with Crippen LogP contribution in [0.5, 0.6) is 0 Å². The molecule has 0 radical (unpaired) electrons. The number of thioether (sulfide) groups is 2. The largest absolute Gasteiger partial charge is 0.359 e. The summed E-state index contributed by atoms with van der Waals surface area (Å²) in [5, 5.41) is 4.92. The lowest BCUT2D eigenvalue weighted by atomic mass is 9.83. The van der Waals surface area contributed by atoms with Crippen LogP contribution >= 0.6 is 23.5 Å². The van der Waals surface area contributed by atoms with Crippen molar-refractivity contribution >= 4 is 28.7 Å². The van der Waals surface area contributed by atoms with Crippen LogP contribution in [0.4, 0.5) is 0 Å². The van der Waals surface area contributed by atoms with Crippen molar-refractivity contribution in [2.24, 2.45) is 4.99 Å². The third-order valence-electron chi connectivity index (χ3n) is 3.57. The molecular weight excluding hydrogens is 248 g/mol. The van der Waals surface area contributed by atoms with Crippen molar-refractivity contribution in [3.63, 3.8) is 0 Å². The molecule has 1 atom stereocenters. The van der Waals surface area contributed by atoms with Gasteiger partial charge in [-0.2, -0.15) is 11.8 Å². The standard InChI is InChI=1S/C13H24N2S2/c1-3-16-9-11(2)14-12-15-13(10-17-12)7-5-4-6-8-13/h11H,3-10H2,1-2H3,(H,14,15). The van der Waals surface area contributed by atoms with Crippen molar-refractivity contribution in [2.75, 3.05) is 17.3 Å². The minimum Gasteiger partial charge on any atom is -0.359 e. The SMILES string of the molecule is CCSCC(C)N=C1NC2(CCCCC2)CS1. The molecule has 17 heavy (non-hydrogen) atoms. The molecule has 1 spiro atoms. The zero-order chi connectivity index (χ0) is 12.1. The second kappa shape index (κ2) is 6.37.